The van der Waals surface area contributed by atoms with E-state index in [1.54, 1.807) is 25.1 Å². The molecule has 0 saturated heterocycles. The van der Waals surface area contributed by atoms with Crippen molar-refractivity contribution in [2.75, 3.05) is 7.11 Å². The van der Waals surface area contributed by atoms with E-state index < -0.39 is 11.5 Å². The maximum atomic E-state index is 13.0. The van der Waals surface area contributed by atoms with Crippen LogP contribution in [0.4, 0.5) is 0 Å². The van der Waals surface area contributed by atoms with E-state index in [2.05, 4.69) is 9.97 Å². The van der Waals surface area contributed by atoms with Gasteiger partial charge < -0.3 is 9.47 Å². The molecule has 0 aliphatic rings. The molecule has 0 spiro atoms. The van der Waals surface area contributed by atoms with Crippen LogP contribution in [-0.4, -0.2) is 27.6 Å². The predicted molar refractivity (Wildman–Crippen MR) is 109 cm³/mol. The second-order valence-corrected chi connectivity index (χ2v) is 6.85. The van der Waals surface area contributed by atoms with Crippen LogP contribution >= 0.6 is 11.6 Å². The fourth-order valence-electron chi connectivity index (χ4n) is 2.88. The van der Waals surface area contributed by atoms with Gasteiger partial charge in [0.05, 0.1) is 24.1 Å². The number of hydrogen-bond acceptors (Lipinski definition) is 6. The molecule has 0 aliphatic heterocycles. The van der Waals surface area contributed by atoms with E-state index in [4.69, 9.17) is 21.1 Å². The number of halogens is 1. The highest BCUT2D eigenvalue weighted by Gasteiger charge is 2.18. The molecule has 2 heterocycles. The summed E-state index contributed by atoms with van der Waals surface area (Å²) in [5.41, 5.74) is 2.66. The van der Waals surface area contributed by atoms with Crippen LogP contribution in [0.1, 0.15) is 33.1 Å². The Kier molecular flexibility index (Phi) is 5.98. The highest BCUT2D eigenvalue weighted by Crippen LogP contribution is 2.23. The Morgan fingerprint density at radius 3 is 2.59 bits per heavy atom. The molecule has 0 atom stereocenters. The molecule has 8 heteroatoms. The molecule has 7 nitrogen and oxygen atoms in total. The van der Waals surface area contributed by atoms with Crippen molar-refractivity contribution in [3.05, 3.63) is 80.1 Å². The van der Waals surface area contributed by atoms with E-state index in [9.17, 15) is 9.59 Å². The van der Waals surface area contributed by atoms with E-state index in [0.717, 1.165) is 11.3 Å². The van der Waals surface area contributed by atoms with Gasteiger partial charge in [-0.25, -0.2) is 4.79 Å². The summed E-state index contributed by atoms with van der Waals surface area (Å²) in [6.07, 6.45) is 0. The quantitative estimate of drug-likeness (QED) is 0.594. The predicted octanol–water partition coefficient (Wildman–Crippen LogP) is 3.57. The van der Waals surface area contributed by atoms with E-state index >= 15 is 0 Å². The number of rotatable bonds is 5. The van der Waals surface area contributed by atoms with E-state index in [1.165, 1.54) is 11.7 Å². The zero-order chi connectivity index (χ0) is 21.1. The molecule has 0 radical (unpaired) electrons. The molecule has 0 bridgehead atoms. The first kappa shape index (κ1) is 20.5. The smallest absolute Gasteiger partial charge is 0.337 e. The van der Waals surface area contributed by atoms with Gasteiger partial charge in [0.15, 0.2) is 5.02 Å². The molecule has 29 heavy (non-hydrogen) atoms. The van der Waals surface area contributed by atoms with E-state index in [0.29, 0.717) is 22.8 Å². The Morgan fingerprint density at radius 2 is 1.90 bits per heavy atom. The van der Waals surface area contributed by atoms with Crippen LogP contribution in [0, 0.1) is 20.8 Å². The summed E-state index contributed by atoms with van der Waals surface area (Å²) >= 11 is 6.27. The second kappa shape index (κ2) is 8.45. The van der Waals surface area contributed by atoms with Crippen molar-refractivity contribution >= 4 is 17.6 Å². The topological polar surface area (TPSA) is 83.3 Å². The lowest BCUT2D eigenvalue weighted by Crippen LogP contribution is -2.24. The molecule has 3 rings (SSSR count). The number of nitrogens with zero attached hydrogens (tertiary/aromatic N) is 3. The number of carbonyl (C=O) groups excluding carboxylic acids is 1. The minimum absolute atomic E-state index is 0.0375. The third kappa shape index (κ3) is 4.30. The Balaban J connectivity index is 2.00. The molecular formula is C21H20ClN3O4. The van der Waals surface area contributed by atoms with Crippen LogP contribution in [-0.2, 0) is 11.3 Å². The highest BCUT2D eigenvalue weighted by molar-refractivity contribution is 6.31. The average Bonchev–Trinajstić information content (AvgIpc) is 2.70. The van der Waals surface area contributed by atoms with Crippen molar-refractivity contribution in [1.82, 2.24) is 14.5 Å². The molecule has 150 valence electrons. The molecule has 0 saturated carbocycles. The summed E-state index contributed by atoms with van der Waals surface area (Å²) in [7, 11) is 1.30. The largest absolute Gasteiger partial charge is 0.470 e. The van der Waals surface area contributed by atoms with Gasteiger partial charge in [0.1, 0.15) is 12.4 Å². The fraction of sp³-hybridized carbons (Fsp3) is 0.238. The van der Waals surface area contributed by atoms with Crippen molar-refractivity contribution in [3.63, 3.8) is 0 Å². The standard InChI is InChI=1S/C21H20ClN3O4/c1-12-8-9-15(21(27)28-4)10-17(12)25-14(3)24-19(18(22)20(25)26)29-11-16-7-5-6-13(2)23-16/h5-10H,11H2,1-4H3. The summed E-state index contributed by atoms with van der Waals surface area (Å²) in [6, 6.07) is 10.5. The van der Waals surface area contributed by atoms with Gasteiger partial charge in [-0.1, -0.05) is 23.7 Å². The number of ether oxygens (including phenoxy) is 2. The number of esters is 1. The van der Waals surface area contributed by atoms with Gasteiger partial charge in [0, 0.05) is 5.69 Å². The molecular weight excluding hydrogens is 394 g/mol. The van der Waals surface area contributed by atoms with E-state index in [-0.39, 0.29) is 17.5 Å². The van der Waals surface area contributed by atoms with Crippen molar-refractivity contribution in [1.29, 1.82) is 0 Å². The number of hydrogen-bond donors (Lipinski definition) is 0. The molecule has 0 N–H and O–H groups in total. The lowest BCUT2D eigenvalue weighted by molar-refractivity contribution is 0.0600. The minimum atomic E-state index is -0.499. The summed E-state index contributed by atoms with van der Waals surface area (Å²) in [5, 5.41) is -0.147. The first-order valence-electron chi connectivity index (χ1n) is 8.85. The van der Waals surface area contributed by atoms with Crippen LogP contribution in [0.15, 0.2) is 41.2 Å². The molecule has 1 aromatic carbocycles. The van der Waals surface area contributed by atoms with Crippen molar-refractivity contribution in [2.45, 2.75) is 27.4 Å². The minimum Gasteiger partial charge on any atom is -0.470 e. The Bertz CT molecular complexity index is 1140. The molecule has 2 aromatic heterocycles. The number of pyridine rings is 1. The van der Waals surface area contributed by atoms with Gasteiger partial charge in [-0.3, -0.25) is 14.3 Å². The lowest BCUT2D eigenvalue weighted by atomic mass is 10.1. The van der Waals surface area contributed by atoms with Gasteiger partial charge in [-0.15, -0.1) is 0 Å². The molecule has 3 aromatic rings. The molecule has 0 amide bonds. The second-order valence-electron chi connectivity index (χ2n) is 6.47. The summed E-state index contributed by atoms with van der Waals surface area (Å²) < 4.78 is 11.8. The molecule has 0 fully saturated rings. The van der Waals surface area contributed by atoms with Gasteiger partial charge in [0.2, 0.25) is 5.88 Å². The lowest BCUT2D eigenvalue weighted by Gasteiger charge is -2.15. The number of carbonyl (C=O) groups is 1. The summed E-state index contributed by atoms with van der Waals surface area (Å²) in [4.78, 5) is 33.5. The third-order valence-electron chi connectivity index (χ3n) is 4.34. The highest BCUT2D eigenvalue weighted by atomic mass is 35.5. The van der Waals surface area contributed by atoms with Crippen molar-refractivity contribution in [3.8, 4) is 11.6 Å². The molecule has 0 unspecified atom stereocenters. The van der Waals surface area contributed by atoms with Crippen LogP contribution in [0.25, 0.3) is 5.69 Å². The zero-order valence-corrected chi connectivity index (χ0v) is 17.3. The van der Waals surface area contributed by atoms with Crippen molar-refractivity contribution in [2.24, 2.45) is 0 Å². The van der Waals surface area contributed by atoms with Crippen molar-refractivity contribution < 1.29 is 14.3 Å². The van der Waals surface area contributed by atoms with Gasteiger partial charge in [-0.05, 0) is 50.6 Å². The maximum Gasteiger partial charge on any atom is 0.337 e. The summed E-state index contributed by atoms with van der Waals surface area (Å²) in [5.74, 6) is -0.0890. The van der Waals surface area contributed by atoms with Crippen LogP contribution in [0.5, 0.6) is 5.88 Å². The normalized spacial score (nSPS) is 10.7. The van der Waals surface area contributed by atoms with Gasteiger partial charge in [0.25, 0.3) is 5.56 Å². The number of benzene rings is 1. The maximum absolute atomic E-state index is 13.0. The Hall–Kier alpha value is -3.19. The van der Waals surface area contributed by atoms with Crippen LogP contribution in [0.3, 0.4) is 0 Å². The van der Waals surface area contributed by atoms with Gasteiger partial charge >= 0.3 is 5.97 Å². The summed E-state index contributed by atoms with van der Waals surface area (Å²) in [6.45, 7) is 5.50. The number of methoxy groups -OCH3 is 1. The number of aryl methyl sites for hydroxylation is 3. The Morgan fingerprint density at radius 1 is 1.14 bits per heavy atom. The third-order valence-corrected chi connectivity index (χ3v) is 4.66. The zero-order valence-electron chi connectivity index (χ0n) is 16.5. The van der Waals surface area contributed by atoms with Crippen LogP contribution in [0.2, 0.25) is 5.02 Å². The average molecular weight is 414 g/mol. The van der Waals surface area contributed by atoms with Gasteiger partial charge in [-0.2, -0.15) is 4.98 Å². The first-order valence-corrected chi connectivity index (χ1v) is 9.23. The monoisotopic (exact) mass is 413 g/mol. The fourth-order valence-corrected chi connectivity index (χ4v) is 3.06. The SMILES string of the molecule is COC(=O)c1ccc(C)c(-n2c(C)nc(OCc3cccc(C)n3)c(Cl)c2=O)c1. The molecule has 0 aliphatic carbocycles. The van der Waals surface area contributed by atoms with Crippen LogP contribution < -0.4 is 10.3 Å². The number of aromatic nitrogens is 3. The Labute approximate surface area is 172 Å². The van der Waals surface area contributed by atoms with E-state index in [1.807, 2.05) is 32.0 Å². The first-order chi connectivity index (χ1) is 13.8.